The summed E-state index contributed by atoms with van der Waals surface area (Å²) in [5.74, 6) is 0.332. The van der Waals surface area contributed by atoms with E-state index in [1.807, 2.05) is 37.3 Å². The molecule has 3 aromatic heterocycles. The highest BCUT2D eigenvalue weighted by Gasteiger charge is 2.23. The molecule has 2 aliphatic rings. The van der Waals surface area contributed by atoms with Gasteiger partial charge >= 0.3 is 0 Å². The predicted molar refractivity (Wildman–Crippen MR) is 176 cm³/mol. The molecule has 0 saturated carbocycles. The number of nitrogens with one attached hydrogen (secondary N) is 3. The van der Waals surface area contributed by atoms with E-state index in [4.69, 9.17) is 0 Å². The summed E-state index contributed by atoms with van der Waals surface area (Å²) in [7, 11) is 0. The fourth-order valence-corrected chi connectivity index (χ4v) is 7.05. The van der Waals surface area contributed by atoms with Crippen molar-refractivity contribution in [3.8, 4) is 11.1 Å². The lowest BCUT2D eigenvalue weighted by atomic mass is 9.99. The van der Waals surface area contributed by atoms with Gasteiger partial charge in [0.05, 0.1) is 10.4 Å². The summed E-state index contributed by atoms with van der Waals surface area (Å²) in [6, 6.07) is 13.1. The Kier molecular flexibility index (Phi) is 8.79. The summed E-state index contributed by atoms with van der Waals surface area (Å²) in [5, 5.41) is 6.27. The van der Waals surface area contributed by atoms with Crippen LogP contribution < -0.4 is 16.2 Å². The number of nitrogens with zero attached hydrogens (tertiary/aromatic N) is 3. The SMILES string of the molecule is CC(=O)N1CCN(C(=O)c2ccc(NCc3cc(-c4cccc(NC(=O)c5cc6c(s5)CCCC6)c4C)c[nH]c3=O)nc2)CC1. The first-order valence-corrected chi connectivity index (χ1v) is 16.1. The molecule has 10 nitrogen and oxygen atoms in total. The third-order valence-electron chi connectivity index (χ3n) is 8.58. The van der Waals surface area contributed by atoms with Gasteiger partial charge < -0.3 is 25.4 Å². The maximum atomic E-state index is 13.1. The summed E-state index contributed by atoms with van der Waals surface area (Å²) in [6.45, 7) is 5.76. The molecule has 1 aliphatic heterocycles. The first-order chi connectivity index (χ1) is 21.8. The number of rotatable bonds is 7. The Bertz CT molecular complexity index is 1780. The number of piperazine rings is 1. The summed E-state index contributed by atoms with van der Waals surface area (Å²) in [5.41, 5.74) is 5.44. The third kappa shape index (κ3) is 6.68. The van der Waals surface area contributed by atoms with E-state index in [0.717, 1.165) is 40.1 Å². The number of amides is 3. The molecule has 3 N–H and O–H groups in total. The zero-order valence-corrected chi connectivity index (χ0v) is 26.3. The van der Waals surface area contributed by atoms with Crippen molar-refractivity contribution in [2.45, 2.75) is 46.1 Å². The molecule has 4 aromatic rings. The third-order valence-corrected chi connectivity index (χ3v) is 9.81. The zero-order chi connectivity index (χ0) is 31.5. The fraction of sp³-hybridized carbons (Fsp3) is 0.324. The van der Waals surface area contributed by atoms with Gasteiger partial charge in [-0.2, -0.15) is 0 Å². The van der Waals surface area contributed by atoms with Crippen LogP contribution in [0.1, 0.15) is 61.4 Å². The highest BCUT2D eigenvalue weighted by molar-refractivity contribution is 7.14. The van der Waals surface area contributed by atoms with Gasteiger partial charge in [-0.15, -0.1) is 11.3 Å². The van der Waals surface area contributed by atoms with Gasteiger partial charge in [0.15, 0.2) is 0 Å². The fourth-order valence-electron chi connectivity index (χ4n) is 5.91. The number of carbonyl (C=O) groups excluding carboxylic acids is 3. The largest absolute Gasteiger partial charge is 0.366 e. The van der Waals surface area contributed by atoms with Crippen LogP contribution in [0.5, 0.6) is 0 Å². The molecule has 1 aliphatic carbocycles. The van der Waals surface area contributed by atoms with E-state index >= 15 is 0 Å². The van der Waals surface area contributed by atoms with E-state index in [1.165, 1.54) is 36.4 Å². The molecule has 11 heteroatoms. The summed E-state index contributed by atoms with van der Waals surface area (Å²) >= 11 is 1.59. The van der Waals surface area contributed by atoms with Gasteiger partial charge in [0.25, 0.3) is 17.4 Å². The monoisotopic (exact) mass is 624 g/mol. The maximum absolute atomic E-state index is 13.1. The molecule has 0 bridgehead atoms. The zero-order valence-electron chi connectivity index (χ0n) is 25.4. The van der Waals surface area contributed by atoms with Gasteiger partial charge in [-0.3, -0.25) is 19.2 Å². The minimum atomic E-state index is -0.216. The normalized spacial score (nSPS) is 14.5. The molecule has 4 heterocycles. The number of aromatic nitrogens is 2. The van der Waals surface area contributed by atoms with Crippen LogP contribution in [0.2, 0.25) is 0 Å². The Morgan fingerprint density at radius 3 is 2.51 bits per heavy atom. The molecular weight excluding hydrogens is 588 g/mol. The maximum Gasteiger partial charge on any atom is 0.265 e. The summed E-state index contributed by atoms with van der Waals surface area (Å²) in [6.07, 6.45) is 7.65. The molecule has 232 valence electrons. The molecule has 1 saturated heterocycles. The lowest BCUT2D eigenvalue weighted by Gasteiger charge is -2.34. The second-order valence-electron chi connectivity index (χ2n) is 11.5. The molecule has 0 radical (unpaired) electrons. The van der Waals surface area contributed by atoms with Crippen molar-refractivity contribution in [1.29, 1.82) is 0 Å². The van der Waals surface area contributed by atoms with E-state index in [0.29, 0.717) is 43.1 Å². The number of aromatic amines is 1. The number of hydrogen-bond acceptors (Lipinski definition) is 7. The summed E-state index contributed by atoms with van der Waals surface area (Å²) in [4.78, 5) is 63.0. The van der Waals surface area contributed by atoms with Gasteiger partial charge in [-0.1, -0.05) is 12.1 Å². The van der Waals surface area contributed by atoms with E-state index in [1.54, 1.807) is 39.5 Å². The van der Waals surface area contributed by atoms with Gasteiger partial charge in [-0.05, 0) is 85.2 Å². The predicted octanol–water partition coefficient (Wildman–Crippen LogP) is 4.85. The number of aryl methyl sites for hydroxylation is 2. The van der Waals surface area contributed by atoms with Crippen LogP contribution in [0, 0.1) is 6.92 Å². The minimum Gasteiger partial charge on any atom is -0.366 e. The van der Waals surface area contributed by atoms with Gasteiger partial charge in [0, 0.05) is 68.2 Å². The molecule has 1 fully saturated rings. The van der Waals surface area contributed by atoms with Gasteiger partial charge in [-0.25, -0.2) is 4.98 Å². The molecule has 0 unspecified atom stereocenters. The Morgan fingerprint density at radius 1 is 1.00 bits per heavy atom. The quantitative estimate of drug-likeness (QED) is 0.270. The van der Waals surface area contributed by atoms with Crippen LogP contribution in [0.4, 0.5) is 11.5 Å². The number of benzene rings is 1. The number of anilines is 2. The minimum absolute atomic E-state index is 0.0168. The number of pyridine rings is 2. The highest BCUT2D eigenvalue weighted by Crippen LogP contribution is 2.32. The van der Waals surface area contributed by atoms with Crippen molar-refractivity contribution >= 4 is 40.6 Å². The number of H-pyrrole nitrogens is 1. The first kappa shape index (κ1) is 30.3. The van der Waals surface area contributed by atoms with Crippen LogP contribution in [0.3, 0.4) is 0 Å². The van der Waals surface area contributed by atoms with Crippen molar-refractivity contribution in [3.63, 3.8) is 0 Å². The lowest BCUT2D eigenvalue weighted by Crippen LogP contribution is -2.50. The smallest absolute Gasteiger partial charge is 0.265 e. The molecular formula is C34H36N6O4S. The van der Waals surface area contributed by atoms with Crippen LogP contribution in [-0.2, 0) is 24.2 Å². The summed E-state index contributed by atoms with van der Waals surface area (Å²) < 4.78 is 0. The van der Waals surface area contributed by atoms with Crippen LogP contribution in [0.25, 0.3) is 11.1 Å². The molecule has 0 atom stereocenters. The number of carbonyl (C=O) groups is 3. The van der Waals surface area contributed by atoms with Crippen molar-refractivity contribution < 1.29 is 14.4 Å². The van der Waals surface area contributed by atoms with E-state index in [2.05, 4.69) is 20.6 Å². The molecule has 3 amide bonds. The average Bonchev–Trinajstić information content (AvgIpc) is 3.50. The molecule has 0 spiro atoms. The van der Waals surface area contributed by atoms with Crippen LogP contribution in [-0.4, -0.2) is 63.7 Å². The molecule has 1 aromatic carbocycles. The van der Waals surface area contributed by atoms with Gasteiger partial charge in [0.2, 0.25) is 5.91 Å². The van der Waals surface area contributed by atoms with E-state index in [-0.39, 0.29) is 29.8 Å². The van der Waals surface area contributed by atoms with E-state index < -0.39 is 0 Å². The van der Waals surface area contributed by atoms with Crippen molar-refractivity contribution in [3.05, 3.63) is 97.2 Å². The second kappa shape index (κ2) is 13.1. The Hall–Kier alpha value is -4.77. The van der Waals surface area contributed by atoms with Crippen LogP contribution >= 0.6 is 11.3 Å². The van der Waals surface area contributed by atoms with Crippen molar-refractivity contribution in [2.24, 2.45) is 0 Å². The number of fused-ring (bicyclic) bond motifs is 1. The second-order valence-corrected chi connectivity index (χ2v) is 12.7. The lowest BCUT2D eigenvalue weighted by molar-refractivity contribution is -0.130. The molecule has 45 heavy (non-hydrogen) atoms. The Balaban J connectivity index is 1.11. The highest BCUT2D eigenvalue weighted by atomic mass is 32.1. The Labute approximate surface area is 265 Å². The van der Waals surface area contributed by atoms with Crippen molar-refractivity contribution in [2.75, 3.05) is 36.8 Å². The average molecular weight is 625 g/mol. The molecule has 6 rings (SSSR count). The van der Waals surface area contributed by atoms with Crippen molar-refractivity contribution in [1.82, 2.24) is 19.8 Å². The Morgan fingerprint density at radius 2 is 1.78 bits per heavy atom. The van der Waals surface area contributed by atoms with E-state index in [9.17, 15) is 19.2 Å². The topological polar surface area (TPSA) is 127 Å². The van der Waals surface area contributed by atoms with Gasteiger partial charge in [0.1, 0.15) is 5.82 Å². The number of hydrogen-bond donors (Lipinski definition) is 3. The first-order valence-electron chi connectivity index (χ1n) is 15.3. The standard InChI is InChI=1S/C34H36N6O4S/c1-21-27(7-5-8-28(21)38-33(43)30-17-23-6-3-4-9-29(23)45-30)25-16-26(32(42)37-19-25)20-36-31-11-10-24(18-35-31)34(44)40-14-12-39(13-15-40)22(2)41/h5,7-8,10-11,16-19H,3-4,6,9,12-15,20H2,1-2H3,(H,35,36)(H,37,42)(H,38,43). The van der Waals surface area contributed by atoms with Crippen LogP contribution in [0.15, 0.2) is 59.7 Å². The number of thiophene rings is 1.